The Hall–Kier alpha value is -2.38. The van der Waals surface area contributed by atoms with E-state index in [1.165, 1.54) is 0 Å². The number of aromatic carboxylic acids is 1. The van der Waals surface area contributed by atoms with Crippen LogP contribution in [0.2, 0.25) is 0 Å². The minimum atomic E-state index is -1.34. The van der Waals surface area contributed by atoms with Crippen LogP contribution in [0, 0.1) is 0 Å². The molecule has 8 heteroatoms. The first-order valence-electron chi connectivity index (χ1n) is 3.79. The zero-order valence-electron chi connectivity index (χ0n) is 7.35. The highest BCUT2D eigenvalue weighted by molar-refractivity contribution is 6.02. The van der Waals surface area contributed by atoms with Gasteiger partial charge in [-0.1, -0.05) is 0 Å². The first-order valence-corrected chi connectivity index (χ1v) is 3.79. The van der Waals surface area contributed by atoms with Crippen LogP contribution in [0.1, 0.15) is 21.0 Å². The number of carbonyl (C=O) groups is 3. The highest BCUT2D eigenvalue weighted by atomic mass is 16.4. The molecule has 0 atom stereocenters. The molecule has 1 amide bonds. The highest BCUT2D eigenvalue weighted by Crippen LogP contribution is 2.01. The van der Waals surface area contributed by atoms with Crippen molar-refractivity contribution >= 4 is 17.8 Å². The van der Waals surface area contributed by atoms with Crippen molar-refractivity contribution in [2.24, 2.45) is 0 Å². The van der Waals surface area contributed by atoms with Crippen molar-refractivity contribution in [1.82, 2.24) is 15.3 Å². The van der Waals surface area contributed by atoms with Crippen LogP contribution >= 0.6 is 0 Å². The molecule has 1 rings (SSSR count). The number of H-pyrrole nitrogens is 1. The number of carboxylic acid groups (broad SMARTS) is 2. The summed E-state index contributed by atoms with van der Waals surface area (Å²) >= 11 is 0. The molecule has 0 aromatic carbocycles. The highest BCUT2D eigenvalue weighted by Gasteiger charge is 2.19. The van der Waals surface area contributed by atoms with Crippen molar-refractivity contribution in [3.63, 3.8) is 0 Å². The molecule has 0 saturated heterocycles. The van der Waals surface area contributed by atoms with Gasteiger partial charge in [0.15, 0.2) is 11.4 Å². The third-order valence-electron chi connectivity index (χ3n) is 1.47. The average molecular weight is 213 g/mol. The Labute approximate surface area is 82.9 Å². The smallest absolute Gasteiger partial charge is 0.354 e. The van der Waals surface area contributed by atoms with E-state index >= 15 is 0 Å². The van der Waals surface area contributed by atoms with E-state index in [1.54, 1.807) is 0 Å². The summed E-state index contributed by atoms with van der Waals surface area (Å²) in [6, 6.07) is 0. The van der Waals surface area contributed by atoms with Crippen molar-refractivity contribution in [3.8, 4) is 0 Å². The normalized spacial score (nSPS) is 9.60. The van der Waals surface area contributed by atoms with Crippen LogP contribution in [0.25, 0.3) is 0 Å². The van der Waals surface area contributed by atoms with Gasteiger partial charge in [0, 0.05) is 0 Å². The molecular formula is C7H7N3O5. The van der Waals surface area contributed by atoms with E-state index in [2.05, 4.69) is 9.97 Å². The molecule has 0 aliphatic heterocycles. The zero-order chi connectivity index (χ0) is 11.4. The summed E-state index contributed by atoms with van der Waals surface area (Å²) in [6.45, 7) is -0.593. The molecule has 0 aliphatic carbocycles. The summed E-state index contributed by atoms with van der Waals surface area (Å²) in [5.41, 5.74) is -0.721. The number of carbonyl (C=O) groups excluding carboxylic acids is 1. The van der Waals surface area contributed by atoms with E-state index in [0.717, 1.165) is 6.33 Å². The third-order valence-corrected chi connectivity index (χ3v) is 1.47. The Morgan fingerprint density at radius 3 is 2.60 bits per heavy atom. The van der Waals surface area contributed by atoms with E-state index in [9.17, 15) is 14.4 Å². The van der Waals surface area contributed by atoms with Crippen LogP contribution in [0.5, 0.6) is 0 Å². The Balaban J connectivity index is 2.78. The van der Waals surface area contributed by atoms with E-state index in [0.29, 0.717) is 0 Å². The molecule has 1 aromatic heterocycles. The Kier molecular flexibility index (Phi) is 3.01. The van der Waals surface area contributed by atoms with Gasteiger partial charge in [-0.3, -0.25) is 9.59 Å². The van der Waals surface area contributed by atoms with Gasteiger partial charge in [0.25, 0.3) is 5.91 Å². The second-order valence-electron chi connectivity index (χ2n) is 2.51. The topological polar surface area (TPSA) is 132 Å². The molecule has 80 valence electrons. The Bertz CT molecular complexity index is 411. The van der Waals surface area contributed by atoms with Gasteiger partial charge >= 0.3 is 11.9 Å². The van der Waals surface area contributed by atoms with Gasteiger partial charge in [0.2, 0.25) is 0 Å². The summed E-state index contributed by atoms with van der Waals surface area (Å²) in [5.74, 6) is -3.42. The monoisotopic (exact) mass is 213 g/mol. The van der Waals surface area contributed by atoms with Gasteiger partial charge < -0.3 is 20.5 Å². The van der Waals surface area contributed by atoms with Crippen LogP contribution in [-0.4, -0.2) is 44.6 Å². The van der Waals surface area contributed by atoms with Gasteiger partial charge in [-0.05, 0) is 0 Å². The number of nitrogens with one attached hydrogen (secondary N) is 2. The van der Waals surface area contributed by atoms with Crippen LogP contribution in [-0.2, 0) is 4.79 Å². The molecule has 0 bridgehead atoms. The summed E-state index contributed by atoms with van der Waals surface area (Å²) in [4.78, 5) is 37.6. The fraction of sp³-hybridized carbons (Fsp3) is 0.143. The molecule has 0 spiro atoms. The molecule has 1 heterocycles. The number of hydrogen-bond donors (Lipinski definition) is 4. The van der Waals surface area contributed by atoms with Gasteiger partial charge in [0.1, 0.15) is 6.54 Å². The Morgan fingerprint density at radius 1 is 1.40 bits per heavy atom. The molecule has 8 nitrogen and oxygen atoms in total. The molecule has 15 heavy (non-hydrogen) atoms. The summed E-state index contributed by atoms with van der Waals surface area (Å²) < 4.78 is 0. The molecule has 0 radical (unpaired) electrons. The average Bonchev–Trinajstić information content (AvgIpc) is 2.62. The van der Waals surface area contributed by atoms with Crippen molar-refractivity contribution < 1.29 is 24.6 Å². The number of aromatic nitrogens is 2. The summed E-state index contributed by atoms with van der Waals surface area (Å²) in [6.07, 6.45) is 1.04. The Morgan fingerprint density at radius 2 is 2.07 bits per heavy atom. The van der Waals surface area contributed by atoms with Crippen LogP contribution in [0.15, 0.2) is 6.33 Å². The SMILES string of the molecule is O=C(O)CNC(=O)c1nc[nH]c1C(=O)O. The lowest BCUT2D eigenvalue weighted by Crippen LogP contribution is -2.30. The van der Waals surface area contributed by atoms with Gasteiger partial charge in [0.05, 0.1) is 6.33 Å². The maximum Gasteiger partial charge on any atom is 0.354 e. The quantitative estimate of drug-likeness (QED) is 0.503. The van der Waals surface area contributed by atoms with Crippen molar-refractivity contribution in [2.45, 2.75) is 0 Å². The standard InChI is InChI=1S/C7H7N3O5/c11-3(12)1-8-6(13)4-5(7(14)15)10-2-9-4/h2H,1H2,(H,8,13)(H,9,10)(H,11,12)(H,14,15). The van der Waals surface area contributed by atoms with Gasteiger partial charge in [-0.15, -0.1) is 0 Å². The van der Waals surface area contributed by atoms with Crippen LogP contribution in [0.4, 0.5) is 0 Å². The van der Waals surface area contributed by atoms with E-state index < -0.39 is 24.4 Å². The molecule has 0 unspecified atom stereocenters. The zero-order valence-corrected chi connectivity index (χ0v) is 7.35. The number of carboxylic acids is 2. The van der Waals surface area contributed by atoms with Gasteiger partial charge in [-0.2, -0.15) is 0 Å². The molecule has 0 saturated carbocycles. The second kappa shape index (κ2) is 4.22. The minimum Gasteiger partial charge on any atom is -0.480 e. The predicted octanol–water partition coefficient (Wildman–Crippen LogP) is -1.08. The number of rotatable bonds is 4. The number of amides is 1. The molecule has 1 aromatic rings. The lowest BCUT2D eigenvalue weighted by molar-refractivity contribution is -0.135. The fourth-order valence-electron chi connectivity index (χ4n) is 0.869. The van der Waals surface area contributed by atoms with E-state index in [-0.39, 0.29) is 11.4 Å². The lowest BCUT2D eigenvalue weighted by atomic mass is 10.3. The van der Waals surface area contributed by atoms with E-state index in [4.69, 9.17) is 10.2 Å². The third kappa shape index (κ3) is 2.53. The molecule has 0 aliphatic rings. The lowest BCUT2D eigenvalue weighted by Gasteiger charge is -1.99. The molecule has 4 N–H and O–H groups in total. The maximum absolute atomic E-state index is 11.2. The first-order chi connectivity index (χ1) is 7.02. The number of hydrogen-bond acceptors (Lipinski definition) is 4. The fourth-order valence-corrected chi connectivity index (χ4v) is 0.869. The number of nitrogens with zero attached hydrogens (tertiary/aromatic N) is 1. The van der Waals surface area contributed by atoms with Gasteiger partial charge in [-0.25, -0.2) is 9.78 Å². The van der Waals surface area contributed by atoms with E-state index in [1.807, 2.05) is 5.32 Å². The van der Waals surface area contributed by atoms with Crippen LogP contribution in [0.3, 0.4) is 0 Å². The van der Waals surface area contributed by atoms with Crippen molar-refractivity contribution in [3.05, 3.63) is 17.7 Å². The minimum absolute atomic E-state index is 0.344. The number of imidazole rings is 1. The second-order valence-corrected chi connectivity index (χ2v) is 2.51. The maximum atomic E-state index is 11.2. The van der Waals surface area contributed by atoms with Crippen molar-refractivity contribution in [1.29, 1.82) is 0 Å². The van der Waals surface area contributed by atoms with Crippen LogP contribution < -0.4 is 5.32 Å². The molecular weight excluding hydrogens is 206 g/mol. The first kappa shape index (κ1) is 10.7. The predicted molar refractivity (Wildman–Crippen MR) is 45.5 cm³/mol. The number of aromatic amines is 1. The number of aliphatic carboxylic acids is 1. The summed E-state index contributed by atoms with van der Waals surface area (Å²) in [7, 11) is 0. The molecule has 0 fully saturated rings. The summed E-state index contributed by atoms with van der Waals surface area (Å²) in [5, 5.41) is 18.9. The van der Waals surface area contributed by atoms with Crippen molar-refractivity contribution in [2.75, 3.05) is 6.54 Å². The largest absolute Gasteiger partial charge is 0.480 e.